The Kier molecular flexibility index (Phi) is 5.59. The number of H-pyrrole nitrogens is 1. The minimum atomic E-state index is -0.404. The van der Waals surface area contributed by atoms with Gasteiger partial charge in [-0.2, -0.15) is 0 Å². The number of nitrogens with zero attached hydrogens (tertiary/aromatic N) is 1. The molecule has 0 aliphatic carbocycles. The number of aromatic amines is 1. The third kappa shape index (κ3) is 3.64. The number of ketones is 1. The van der Waals surface area contributed by atoms with E-state index in [1.54, 1.807) is 20.8 Å². The minimum absolute atomic E-state index is 0.0600. The Hall–Kier alpha value is -1.66. The number of Topliss-reactive ketones (excluding diaryl/α,β-unsaturated/α-hetero) is 1. The maximum absolute atomic E-state index is 12.8. The number of β-amino-alcohol motifs (C(OH)–C–C–N with tert-alkyl or cyclic N) is 1. The highest BCUT2D eigenvalue weighted by atomic mass is 16.5. The van der Waals surface area contributed by atoms with Gasteiger partial charge in [0, 0.05) is 12.2 Å². The molecule has 0 spiro atoms. The van der Waals surface area contributed by atoms with E-state index in [9.17, 15) is 14.7 Å². The topological polar surface area (TPSA) is 82.6 Å². The number of aryl methyl sites for hydroxylation is 1. The van der Waals surface area contributed by atoms with Crippen molar-refractivity contribution in [1.82, 2.24) is 9.88 Å². The van der Waals surface area contributed by atoms with E-state index >= 15 is 0 Å². The van der Waals surface area contributed by atoms with Crippen molar-refractivity contribution < 1.29 is 19.4 Å². The standard InChI is InChI=1S/C17H26N2O4/c1-5-23-17(22)14-10(2)15(18-11(14)3)16(21)12(4)19-8-6-7-13(20)9-19/h12-13,18,20H,5-9H2,1-4H3. The molecule has 0 bridgehead atoms. The van der Waals surface area contributed by atoms with Crippen molar-refractivity contribution in [3.8, 4) is 0 Å². The van der Waals surface area contributed by atoms with Crippen LogP contribution in [0.4, 0.5) is 0 Å². The zero-order valence-corrected chi connectivity index (χ0v) is 14.3. The van der Waals surface area contributed by atoms with Crippen LogP contribution in [0.25, 0.3) is 0 Å². The number of carbonyl (C=O) groups excluding carboxylic acids is 2. The summed E-state index contributed by atoms with van der Waals surface area (Å²) in [7, 11) is 0. The van der Waals surface area contributed by atoms with Crippen LogP contribution in [0.1, 0.15) is 58.8 Å². The molecular weight excluding hydrogens is 296 g/mol. The van der Waals surface area contributed by atoms with Gasteiger partial charge >= 0.3 is 5.97 Å². The molecule has 2 rings (SSSR count). The maximum Gasteiger partial charge on any atom is 0.340 e. The van der Waals surface area contributed by atoms with Gasteiger partial charge in [-0.15, -0.1) is 0 Å². The number of hydrogen-bond donors (Lipinski definition) is 2. The molecule has 1 aliphatic rings. The number of aliphatic hydroxyl groups excluding tert-OH is 1. The van der Waals surface area contributed by atoms with E-state index < -0.39 is 5.97 Å². The number of aliphatic hydroxyl groups is 1. The second-order valence-corrected chi connectivity index (χ2v) is 6.18. The van der Waals surface area contributed by atoms with E-state index in [-0.39, 0.29) is 17.9 Å². The Labute approximate surface area is 136 Å². The smallest absolute Gasteiger partial charge is 0.340 e. The van der Waals surface area contributed by atoms with Crippen molar-refractivity contribution in [2.75, 3.05) is 19.7 Å². The van der Waals surface area contributed by atoms with Crippen molar-refractivity contribution in [2.24, 2.45) is 0 Å². The van der Waals surface area contributed by atoms with Gasteiger partial charge in [-0.05, 0) is 52.6 Å². The molecule has 1 saturated heterocycles. The van der Waals surface area contributed by atoms with Gasteiger partial charge in [0.15, 0.2) is 5.78 Å². The fourth-order valence-corrected chi connectivity index (χ4v) is 3.22. The molecule has 2 N–H and O–H groups in total. The summed E-state index contributed by atoms with van der Waals surface area (Å²) in [6, 6.07) is -0.336. The Morgan fingerprint density at radius 2 is 2.13 bits per heavy atom. The predicted molar refractivity (Wildman–Crippen MR) is 86.8 cm³/mol. The normalized spacial score (nSPS) is 20.3. The molecule has 0 saturated carbocycles. The number of likely N-dealkylation sites (tertiary alicyclic amines) is 1. The van der Waals surface area contributed by atoms with Crippen LogP contribution >= 0.6 is 0 Å². The monoisotopic (exact) mass is 322 g/mol. The van der Waals surface area contributed by atoms with E-state index in [0.29, 0.717) is 35.7 Å². The van der Waals surface area contributed by atoms with Crippen LogP contribution in [0.2, 0.25) is 0 Å². The summed E-state index contributed by atoms with van der Waals surface area (Å²) in [6.45, 7) is 8.75. The average Bonchev–Trinajstić information content (AvgIpc) is 2.81. The number of hydrogen-bond acceptors (Lipinski definition) is 5. The first-order valence-electron chi connectivity index (χ1n) is 8.19. The van der Waals surface area contributed by atoms with Crippen molar-refractivity contribution in [1.29, 1.82) is 0 Å². The minimum Gasteiger partial charge on any atom is -0.462 e. The first kappa shape index (κ1) is 17.7. The van der Waals surface area contributed by atoms with Crippen LogP contribution in [-0.2, 0) is 4.74 Å². The van der Waals surface area contributed by atoms with Crippen LogP contribution in [-0.4, -0.2) is 58.6 Å². The largest absolute Gasteiger partial charge is 0.462 e. The molecule has 1 aliphatic heterocycles. The highest BCUT2D eigenvalue weighted by molar-refractivity contribution is 6.03. The summed E-state index contributed by atoms with van der Waals surface area (Å²) >= 11 is 0. The highest BCUT2D eigenvalue weighted by Gasteiger charge is 2.30. The van der Waals surface area contributed by atoms with Gasteiger partial charge in [0.1, 0.15) is 0 Å². The van der Waals surface area contributed by atoms with Gasteiger partial charge in [0.05, 0.1) is 30.0 Å². The summed E-state index contributed by atoms with van der Waals surface area (Å²) in [5, 5.41) is 9.79. The van der Waals surface area contributed by atoms with Crippen molar-refractivity contribution >= 4 is 11.8 Å². The van der Waals surface area contributed by atoms with Gasteiger partial charge in [-0.1, -0.05) is 0 Å². The highest BCUT2D eigenvalue weighted by Crippen LogP contribution is 2.22. The van der Waals surface area contributed by atoms with E-state index in [1.807, 2.05) is 11.8 Å². The Morgan fingerprint density at radius 1 is 1.43 bits per heavy atom. The first-order valence-corrected chi connectivity index (χ1v) is 8.19. The summed E-state index contributed by atoms with van der Waals surface area (Å²) in [5.74, 6) is -0.464. The molecule has 0 amide bonds. The number of carbonyl (C=O) groups is 2. The van der Waals surface area contributed by atoms with Gasteiger partial charge in [0.2, 0.25) is 0 Å². The molecule has 6 nitrogen and oxygen atoms in total. The fraction of sp³-hybridized carbons (Fsp3) is 0.647. The Morgan fingerprint density at radius 3 is 2.74 bits per heavy atom. The molecule has 0 radical (unpaired) electrons. The van der Waals surface area contributed by atoms with Crippen molar-refractivity contribution in [3.63, 3.8) is 0 Å². The lowest BCUT2D eigenvalue weighted by molar-refractivity contribution is 0.0452. The second-order valence-electron chi connectivity index (χ2n) is 6.18. The lowest BCUT2D eigenvalue weighted by Gasteiger charge is -2.33. The van der Waals surface area contributed by atoms with Crippen LogP contribution in [0.3, 0.4) is 0 Å². The molecular formula is C17H26N2O4. The van der Waals surface area contributed by atoms with Crippen LogP contribution in [0.15, 0.2) is 0 Å². The molecule has 23 heavy (non-hydrogen) atoms. The number of piperidine rings is 1. The van der Waals surface area contributed by atoms with E-state index in [0.717, 1.165) is 19.4 Å². The summed E-state index contributed by atoms with van der Waals surface area (Å²) < 4.78 is 5.06. The maximum atomic E-state index is 12.8. The summed E-state index contributed by atoms with van der Waals surface area (Å²) in [5.41, 5.74) is 2.18. The van der Waals surface area contributed by atoms with Crippen LogP contribution in [0.5, 0.6) is 0 Å². The zero-order chi connectivity index (χ0) is 17.1. The lowest BCUT2D eigenvalue weighted by atomic mass is 10.0. The number of aromatic nitrogens is 1. The predicted octanol–water partition coefficient (Wildman–Crippen LogP) is 1.84. The van der Waals surface area contributed by atoms with E-state index in [4.69, 9.17) is 4.74 Å². The zero-order valence-electron chi connectivity index (χ0n) is 14.3. The fourth-order valence-electron chi connectivity index (χ4n) is 3.22. The van der Waals surface area contributed by atoms with E-state index in [1.165, 1.54) is 0 Å². The Balaban J connectivity index is 2.22. The number of rotatable bonds is 5. The van der Waals surface area contributed by atoms with Gasteiger partial charge in [-0.25, -0.2) is 4.79 Å². The van der Waals surface area contributed by atoms with Crippen LogP contribution < -0.4 is 0 Å². The third-order valence-corrected chi connectivity index (χ3v) is 4.52. The molecule has 2 atom stereocenters. The summed E-state index contributed by atoms with van der Waals surface area (Å²) in [4.78, 5) is 29.9. The molecule has 0 aromatic carbocycles. The average molecular weight is 322 g/mol. The molecule has 128 valence electrons. The molecule has 6 heteroatoms. The SMILES string of the molecule is CCOC(=O)c1c(C)[nH]c(C(=O)C(C)N2CCCC(O)C2)c1C. The molecule has 2 unspecified atom stereocenters. The molecule has 2 heterocycles. The lowest BCUT2D eigenvalue weighted by Crippen LogP contribution is -2.47. The third-order valence-electron chi connectivity index (χ3n) is 4.52. The van der Waals surface area contributed by atoms with Gasteiger partial charge in [-0.3, -0.25) is 9.69 Å². The second kappa shape index (κ2) is 7.27. The molecule has 1 aromatic rings. The quantitative estimate of drug-likeness (QED) is 0.638. The Bertz CT molecular complexity index is 594. The number of ether oxygens (including phenoxy) is 1. The number of nitrogens with one attached hydrogen (secondary N) is 1. The van der Waals surface area contributed by atoms with Crippen molar-refractivity contribution in [3.05, 3.63) is 22.5 Å². The summed E-state index contributed by atoms with van der Waals surface area (Å²) in [6.07, 6.45) is 1.29. The number of esters is 1. The first-order chi connectivity index (χ1) is 10.9. The van der Waals surface area contributed by atoms with Crippen LogP contribution in [0, 0.1) is 13.8 Å². The van der Waals surface area contributed by atoms with Gasteiger partial charge in [0.25, 0.3) is 0 Å². The van der Waals surface area contributed by atoms with E-state index in [2.05, 4.69) is 4.98 Å². The molecule has 1 fully saturated rings. The molecule has 1 aromatic heterocycles. The van der Waals surface area contributed by atoms with Crippen molar-refractivity contribution in [2.45, 2.75) is 52.7 Å². The van der Waals surface area contributed by atoms with Gasteiger partial charge < -0.3 is 14.8 Å².